The van der Waals surface area contributed by atoms with Crippen molar-refractivity contribution in [3.8, 4) is 0 Å². The van der Waals surface area contributed by atoms with E-state index in [-0.39, 0.29) is 0 Å². The van der Waals surface area contributed by atoms with Crippen molar-refractivity contribution in [2.75, 3.05) is 0 Å². The fraction of sp³-hybridized carbons (Fsp3) is 1.00. The van der Waals surface area contributed by atoms with Crippen LogP contribution in [-0.4, -0.2) is 0 Å². The molecule has 2 aliphatic carbocycles. The van der Waals surface area contributed by atoms with Gasteiger partial charge in [0.05, 0.1) is 0 Å². The van der Waals surface area contributed by atoms with Crippen LogP contribution in [-0.2, 0) is 0 Å². The van der Waals surface area contributed by atoms with E-state index in [1.165, 1.54) is 77.0 Å². The molecule has 0 radical (unpaired) electrons. The molecule has 16 heavy (non-hydrogen) atoms. The van der Waals surface area contributed by atoms with E-state index in [0.29, 0.717) is 0 Å². The summed E-state index contributed by atoms with van der Waals surface area (Å²) >= 11 is 0. The van der Waals surface area contributed by atoms with Crippen LogP contribution in [0, 0.1) is 17.8 Å². The van der Waals surface area contributed by atoms with Crippen LogP contribution in [0.3, 0.4) is 0 Å². The number of unbranched alkanes of at least 4 members (excludes halogenated alkanes) is 1. The third-order valence-electron chi connectivity index (χ3n) is 5.08. The first-order chi connectivity index (χ1) is 7.84. The molecule has 2 saturated carbocycles. The van der Waals surface area contributed by atoms with E-state index in [2.05, 4.69) is 6.92 Å². The molecule has 0 saturated heterocycles. The zero-order valence-electron chi connectivity index (χ0n) is 11.2. The van der Waals surface area contributed by atoms with Crippen molar-refractivity contribution in [2.45, 2.75) is 84.0 Å². The topological polar surface area (TPSA) is 0 Å². The van der Waals surface area contributed by atoms with Gasteiger partial charge in [-0.05, 0) is 17.8 Å². The second kappa shape index (κ2) is 6.67. The lowest BCUT2D eigenvalue weighted by Gasteiger charge is -2.27. The molecule has 0 aromatic rings. The Morgan fingerprint density at radius 2 is 1.44 bits per heavy atom. The molecule has 0 nitrogen and oxygen atoms in total. The van der Waals surface area contributed by atoms with Gasteiger partial charge in [0.1, 0.15) is 0 Å². The number of rotatable bonds is 8. The quantitative estimate of drug-likeness (QED) is 0.471. The highest BCUT2D eigenvalue weighted by molar-refractivity contribution is 4.71. The molecule has 0 N–H and O–H groups in total. The zero-order chi connectivity index (χ0) is 11.2. The van der Waals surface area contributed by atoms with Crippen LogP contribution in [0.1, 0.15) is 84.0 Å². The van der Waals surface area contributed by atoms with Gasteiger partial charge in [-0.15, -0.1) is 0 Å². The van der Waals surface area contributed by atoms with Crippen LogP contribution in [0.2, 0.25) is 0 Å². The minimum absolute atomic E-state index is 1.00. The predicted octanol–water partition coefficient (Wildman–Crippen LogP) is 5.56. The molecule has 0 spiro atoms. The standard InChI is InChI=1S/C16H30/c1-14(12-13-16-10-5-11-16)6-2-3-7-15-8-4-9-15/h14-16H,2-13H2,1H3. The molecule has 0 bridgehead atoms. The fourth-order valence-corrected chi connectivity index (χ4v) is 3.15. The third kappa shape index (κ3) is 4.11. The van der Waals surface area contributed by atoms with Crippen molar-refractivity contribution in [1.29, 1.82) is 0 Å². The summed E-state index contributed by atoms with van der Waals surface area (Å²) in [6, 6.07) is 0. The second-order valence-corrected chi connectivity index (χ2v) is 6.56. The molecule has 0 heterocycles. The summed E-state index contributed by atoms with van der Waals surface area (Å²) in [5, 5.41) is 0. The van der Waals surface area contributed by atoms with E-state index in [9.17, 15) is 0 Å². The fourth-order valence-electron chi connectivity index (χ4n) is 3.15. The van der Waals surface area contributed by atoms with Crippen LogP contribution >= 0.6 is 0 Å². The summed E-state index contributed by atoms with van der Waals surface area (Å²) in [4.78, 5) is 0. The van der Waals surface area contributed by atoms with Gasteiger partial charge < -0.3 is 0 Å². The van der Waals surface area contributed by atoms with E-state index in [0.717, 1.165) is 17.8 Å². The third-order valence-corrected chi connectivity index (χ3v) is 5.08. The van der Waals surface area contributed by atoms with Gasteiger partial charge in [0, 0.05) is 0 Å². The first kappa shape index (κ1) is 12.5. The first-order valence-electron chi connectivity index (χ1n) is 7.84. The van der Waals surface area contributed by atoms with E-state index >= 15 is 0 Å². The van der Waals surface area contributed by atoms with Crippen LogP contribution in [0.5, 0.6) is 0 Å². The number of hydrogen-bond donors (Lipinski definition) is 0. The van der Waals surface area contributed by atoms with Gasteiger partial charge in [-0.25, -0.2) is 0 Å². The van der Waals surface area contributed by atoms with Crippen molar-refractivity contribution in [1.82, 2.24) is 0 Å². The summed E-state index contributed by atoms with van der Waals surface area (Å²) in [5.41, 5.74) is 0. The Hall–Kier alpha value is 0. The minimum Gasteiger partial charge on any atom is -0.0625 e. The molecule has 1 atom stereocenters. The summed E-state index contributed by atoms with van der Waals surface area (Å²) in [5.74, 6) is 3.25. The Kier molecular flexibility index (Phi) is 5.19. The normalized spacial score (nSPS) is 23.8. The zero-order valence-corrected chi connectivity index (χ0v) is 11.2. The molecule has 0 aliphatic heterocycles. The predicted molar refractivity (Wildman–Crippen MR) is 71.5 cm³/mol. The summed E-state index contributed by atoms with van der Waals surface area (Å²) in [6.07, 6.45) is 18.3. The second-order valence-electron chi connectivity index (χ2n) is 6.56. The molecule has 2 fully saturated rings. The average molecular weight is 222 g/mol. The lowest BCUT2D eigenvalue weighted by atomic mass is 9.79. The van der Waals surface area contributed by atoms with Gasteiger partial charge >= 0.3 is 0 Å². The van der Waals surface area contributed by atoms with Crippen LogP contribution in [0.4, 0.5) is 0 Å². The van der Waals surface area contributed by atoms with Gasteiger partial charge in [-0.2, -0.15) is 0 Å². The Labute approximate surface area is 102 Å². The van der Waals surface area contributed by atoms with Crippen LogP contribution in [0.25, 0.3) is 0 Å². The first-order valence-corrected chi connectivity index (χ1v) is 7.84. The molecule has 0 amide bonds. The molecular weight excluding hydrogens is 192 g/mol. The molecule has 0 aromatic carbocycles. The minimum atomic E-state index is 1.00. The molecular formula is C16H30. The van der Waals surface area contributed by atoms with Gasteiger partial charge in [-0.3, -0.25) is 0 Å². The van der Waals surface area contributed by atoms with Gasteiger partial charge in [0.15, 0.2) is 0 Å². The Balaban J connectivity index is 1.39. The highest BCUT2D eigenvalue weighted by atomic mass is 14.2. The smallest absolute Gasteiger partial charge is 0.0414 e. The lowest BCUT2D eigenvalue weighted by molar-refractivity contribution is 0.263. The number of hydrogen-bond acceptors (Lipinski definition) is 0. The Bertz CT molecular complexity index is 176. The van der Waals surface area contributed by atoms with Crippen LogP contribution in [0.15, 0.2) is 0 Å². The average Bonchev–Trinajstić information content (AvgIpc) is 2.12. The van der Waals surface area contributed by atoms with Crippen molar-refractivity contribution >= 4 is 0 Å². The monoisotopic (exact) mass is 222 g/mol. The summed E-state index contributed by atoms with van der Waals surface area (Å²) < 4.78 is 0. The lowest BCUT2D eigenvalue weighted by Crippen LogP contribution is -2.12. The SMILES string of the molecule is CC(CCCCC1CCC1)CCC1CCC1. The highest BCUT2D eigenvalue weighted by Gasteiger charge is 2.18. The van der Waals surface area contributed by atoms with E-state index in [1.54, 1.807) is 0 Å². The van der Waals surface area contributed by atoms with Crippen molar-refractivity contribution < 1.29 is 0 Å². The maximum atomic E-state index is 2.47. The van der Waals surface area contributed by atoms with E-state index in [1.807, 2.05) is 0 Å². The molecule has 1 unspecified atom stereocenters. The molecule has 0 heteroatoms. The summed E-state index contributed by atoms with van der Waals surface area (Å²) in [7, 11) is 0. The van der Waals surface area contributed by atoms with Crippen molar-refractivity contribution in [3.05, 3.63) is 0 Å². The Morgan fingerprint density at radius 1 is 0.812 bits per heavy atom. The van der Waals surface area contributed by atoms with Crippen LogP contribution < -0.4 is 0 Å². The van der Waals surface area contributed by atoms with E-state index < -0.39 is 0 Å². The summed E-state index contributed by atoms with van der Waals surface area (Å²) in [6.45, 7) is 2.47. The largest absolute Gasteiger partial charge is 0.0625 e. The maximum Gasteiger partial charge on any atom is -0.0414 e. The van der Waals surface area contributed by atoms with Crippen molar-refractivity contribution in [2.24, 2.45) is 17.8 Å². The molecule has 0 aromatic heterocycles. The molecule has 2 aliphatic rings. The van der Waals surface area contributed by atoms with Gasteiger partial charge in [0.2, 0.25) is 0 Å². The molecule has 94 valence electrons. The van der Waals surface area contributed by atoms with Gasteiger partial charge in [0.25, 0.3) is 0 Å². The highest BCUT2D eigenvalue weighted by Crippen LogP contribution is 2.33. The van der Waals surface area contributed by atoms with Gasteiger partial charge in [-0.1, -0.05) is 84.0 Å². The van der Waals surface area contributed by atoms with E-state index in [4.69, 9.17) is 0 Å². The maximum absolute atomic E-state index is 2.47. The van der Waals surface area contributed by atoms with Crippen molar-refractivity contribution in [3.63, 3.8) is 0 Å². The Morgan fingerprint density at radius 3 is 2.00 bits per heavy atom. The molecule has 2 rings (SSSR count).